The molecule has 0 bridgehead atoms. The number of sulfonamides is 1. The third kappa shape index (κ3) is 4.25. The van der Waals surface area contributed by atoms with Gasteiger partial charge in [-0.2, -0.15) is 0 Å². The molecule has 0 unspecified atom stereocenters. The summed E-state index contributed by atoms with van der Waals surface area (Å²) in [4.78, 5) is 11.4. The van der Waals surface area contributed by atoms with Crippen LogP contribution in [0.2, 0.25) is 0 Å². The van der Waals surface area contributed by atoms with Crippen LogP contribution >= 0.6 is 0 Å². The van der Waals surface area contributed by atoms with Crippen molar-refractivity contribution in [3.63, 3.8) is 0 Å². The number of ether oxygens (including phenoxy) is 1. The summed E-state index contributed by atoms with van der Waals surface area (Å²) in [5.41, 5.74) is 1.31. The summed E-state index contributed by atoms with van der Waals surface area (Å²) in [5, 5.41) is 9.24. The molecule has 1 N–H and O–H groups in total. The number of benzene rings is 3. The Kier molecular flexibility index (Phi) is 5.75. The zero-order chi connectivity index (χ0) is 24.9. The monoisotopic (exact) mass is 499 g/mol. The van der Waals surface area contributed by atoms with Gasteiger partial charge in [0.15, 0.2) is 0 Å². The molecule has 0 spiro atoms. The van der Waals surface area contributed by atoms with E-state index in [2.05, 4.69) is 0 Å². The van der Waals surface area contributed by atoms with Crippen molar-refractivity contribution < 1.29 is 31.8 Å². The van der Waals surface area contributed by atoms with Crippen LogP contribution in [0.25, 0.3) is 11.1 Å². The summed E-state index contributed by atoms with van der Waals surface area (Å²) in [6.07, 6.45) is 0.273. The molecular weight excluding hydrogens is 476 g/mol. The van der Waals surface area contributed by atoms with Gasteiger partial charge in [-0.1, -0.05) is 18.2 Å². The van der Waals surface area contributed by atoms with E-state index in [9.17, 15) is 27.1 Å². The van der Waals surface area contributed by atoms with Gasteiger partial charge in [0.2, 0.25) is 0 Å². The van der Waals surface area contributed by atoms with Gasteiger partial charge in [-0.3, -0.25) is 9.10 Å². The van der Waals surface area contributed by atoms with Crippen LogP contribution in [-0.4, -0.2) is 32.1 Å². The maximum atomic E-state index is 14.5. The normalized spacial score (nSPS) is 21.6. The molecule has 3 aromatic carbocycles. The number of aliphatic carboxylic acids is 1. The fraction of sp³-hybridized carbons (Fsp3) is 0.269. The lowest BCUT2D eigenvalue weighted by Gasteiger charge is -2.43. The summed E-state index contributed by atoms with van der Waals surface area (Å²) in [6, 6.07) is 14.2. The lowest BCUT2D eigenvalue weighted by molar-refractivity contribution is -0.147. The van der Waals surface area contributed by atoms with Gasteiger partial charge in [0.25, 0.3) is 10.0 Å². The fourth-order valence-electron chi connectivity index (χ4n) is 4.70. The minimum atomic E-state index is -4.03. The number of nitrogens with zero attached hydrogens (tertiary/aromatic N) is 1. The summed E-state index contributed by atoms with van der Waals surface area (Å²) in [5.74, 6) is -2.41. The first-order chi connectivity index (χ1) is 16.6. The van der Waals surface area contributed by atoms with Crippen molar-refractivity contribution in [1.82, 2.24) is 0 Å². The van der Waals surface area contributed by atoms with Gasteiger partial charge < -0.3 is 9.84 Å². The average molecular weight is 500 g/mol. The predicted octanol–water partition coefficient (Wildman–Crippen LogP) is 5.01. The molecule has 1 aliphatic heterocycles. The van der Waals surface area contributed by atoms with Crippen LogP contribution < -0.4 is 9.04 Å². The van der Waals surface area contributed by atoms with Crippen molar-refractivity contribution in [2.24, 2.45) is 11.8 Å². The van der Waals surface area contributed by atoms with E-state index < -0.39 is 39.6 Å². The van der Waals surface area contributed by atoms with Crippen LogP contribution in [0.1, 0.15) is 18.4 Å². The average Bonchev–Trinajstić information content (AvgIpc) is 2.78. The van der Waals surface area contributed by atoms with Gasteiger partial charge in [-0.25, -0.2) is 17.2 Å². The Morgan fingerprint density at radius 2 is 1.83 bits per heavy atom. The van der Waals surface area contributed by atoms with Crippen LogP contribution in [-0.2, 0) is 14.8 Å². The van der Waals surface area contributed by atoms with E-state index in [4.69, 9.17) is 4.74 Å². The molecule has 5 rings (SSSR count). The number of hydrogen-bond donors (Lipinski definition) is 1. The molecule has 182 valence electrons. The summed E-state index contributed by atoms with van der Waals surface area (Å²) < 4.78 is 63.2. The highest BCUT2D eigenvalue weighted by atomic mass is 32.2. The Balaban J connectivity index is 1.58. The van der Waals surface area contributed by atoms with Crippen molar-refractivity contribution in [2.75, 3.05) is 10.8 Å². The van der Waals surface area contributed by atoms with Crippen LogP contribution in [0.15, 0.2) is 65.6 Å². The standard InChI is InChI=1S/C26H23F2NO5S/c1-15-3-2-4-20(9-15)35(32,33)29-14-25(17-10-18(11-17)26(30)31)34-24-8-5-16(12-23(24)29)21-13-19(27)6-7-22(21)28/h2-9,12-13,17-18,25H,10-11,14H2,1H3,(H,30,31)/t17?,18?,25-/m1/s1. The number of aryl methyl sites for hydroxylation is 1. The van der Waals surface area contributed by atoms with Crippen molar-refractivity contribution >= 4 is 21.7 Å². The number of halogens is 2. The van der Waals surface area contributed by atoms with Crippen molar-refractivity contribution in [3.05, 3.63) is 77.9 Å². The van der Waals surface area contributed by atoms with E-state index in [0.717, 1.165) is 23.8 Å². The molecule has 1 saturated carbocycles. The molecule has 35 heavy (non-hydrogen) atoms. The maximum Gasteiger partial charge on any atom is 0.306 e. The lowest BCUT2D eigenvalue weighted by Crippen LogP contribution is -2.50. The number of hydrogen-bond acceptors (Lipinski definition) is 4. The van der Waals surface area contributed by atoms with E-state index in [1.165, 1.54) is 16.4 Å². The Hall–Kier alpha value is -3.46. The molecule has 0 aromatic heterocycles. The van der Waals surface area contributed by atoms with Gasteiger partial charge in [-0.05, 0) is 79.3 Å². The first kappa shape index (κ1) is 23.3. The first-order valence-corrected chi connectivity index (χ1v) is 12.7. The quantitative estimate of drug-likeness (QED) is 0.534. The van der Waals surface area contributed by atoms with E-state index in [1.807, 2.05) is 0 Å². The van der Waals surface area contributed by atoms with Crippen molar-refractivity contribution in [3.8, 4) is 16.9 Å². The van der Waals surface area contributed by atoms with Crippen LogP contribution in [0.4, 0.5) is 14.5 Å². The molecule has 0 saturated heterocycles. The molecule has 0 radical (unpaired) electrons. The third-order valence-electron chi connectivity index (χ3n) is 6.72. The third-order valence-corrected chi connectivity index (χ3v) is 8.49. The van der Waals surface area contributed by atoms with Gasteiger partial charge in [0.1, 0.15) is 23.5 Å². The SMILES string of the molecule is Cc1cccc(S(=O)(=O)N2C[C@H](C3CC(C(=O)O)C3)Oc3ccc(-c4cc(F)ccc4F)cc32)c1. The van der Waals surface area contributed by atoms with E-state index in [0.29, 0.717) is 18.4 Å². The lowest BCUT2D eigenvalue weighted by atomic mass is 9.72. The summed E-state index contributed by atoms with van der Waals surface area (Å²) in [6.45, 7) is 1.77. The van der Waals surface area contributed by atoms with Gasteiger partial charge >= 0.3 is 5.97 Å². The number of rotatable bonds is 5. The molecular formula is C26H23F2NO5S. The molecule has 1 aliphatic carbocycles. The molecule has 6 nitrogen and oxygen atoms in total. The molecule has 3 aromatic rings. The second-order valence-electron chi connectivity index (χ2n) is 9.08. The van der Waals surface area contributed by atoms with Crippen LogP contribution in [0.5, 0.6) is 5.75 Å². The zero-order valence-corrected chi connectivity index (χ0v) is 19.6. The fourth-order valence-corrected chi connectivity index (χ4v) is 6.29. The number of anilines is 1. The Morgan fingerprint density at radius 1 is 1.06 bits per heavy atom. The molecule has 1 heterocycles. The van der Waals surface area contributed by atoms with E-state index in [1.54, 1.807) is 37.3 Å². The number of carboxylic acids is 1. The number of carboxylic acid groups (broad SMARTS) is 1. The zero-order valence-electron chi connectivity index (χ0n) is 18.8. The topological polar surface area (TPSA) is 83.9 Å². The minimum absolute atomic E-state index is 0.00567. The molecule has 0 amide bonds. The maximum absolute atomic E-state index is 14.5. The highest BCUT2D eigenvalue weighted by molar-refractivity contribution is 7.92. The highest BCUT2D eigenvalue weighted by Crippen LogP contribution is 2.45. The number of carbonyl (C=O) groups is 1. The summed E-state index contributed by atoms with van der Waals surface area (Å²) >= 11 is 0. The van der Waals surface area contributed by atoms with Crippen LogP contribution in [0.3, 0.4) is 0 Å². The first-order valence-electron chi connectivity index (χ1n) is 11.2. The van der Waals surface area contributed by atoms with Gasteiger partial charge in [0, 0.05) is 5.56 Å². The highest BCUT2D eigenvalue weighted by Gasteiger charge is 2.45. The Morgan fingerprint density at radius 3 is 2.54 bits per heavy atom. The van der Waals surface area contributed by atoms with E-state index in [-0.39, 0.29) is 34.4 Å². The van der Waals surface area contributed by atoms with E-state index >= 15 is 0 Å². The Bertz CT molecular complexity index is 1420. The van der Waals surface area contributed by atoms with Gasteiger partial charge in [-0.15, -0.1) is 0 Å². The molecule has 2 aliphatic rings. The smallest absolute Gasteiger partial charge is 0.306 e. The minimum Gasteiger partial charge on any atom is -0.486 e. The van der Waals surface area contributed by atoms with Crippen molar-refractivity contribution in [2.45, 2.75) is 30.8 Å². The van der Waals surface area contributed by atoms with Crippen LogP contribution in [0, 0.1) is 30.4 Å². The second kappa shape index (κ2) is 8.64. The van der Waals surface area contributed by atoms with Crippen molar-refractivity contribution in [1.29, 1.82) is 0 Å². The van der Waals surface area contributed by atoms with Gasteiger partial charge in [0.05, 0.1) is 23.0 Å². The molecule has 9 heteroatoms. The Labute approximate surface area is 201 Å². The second-order valence-corrected chi connectivity index (χ2v) is 10.9. The molecule has 1 atom stereocenters. The molecule has 1 fully saturated rings. The predicted molar refractivity (Wildman–Crippen MR) is 126 cm³/mol. The summed E-state index contributed by atoms with van der Waals surface area (Å²) in [7, 11) is -4.03. The number of fused-ring (bicyclic) bond motifs is 1. The largest absolute Gasteiger partial charge is 0.486 e.